The van der Waals surface area contributed by atoms with Crippen molar-refractivity contribution in [2.75, 3.05) is 0 Å². The number of benzene rings is 1. The van der Waals surface area contributed by atoms with Crippen molar-refractivity contribution in [2.45, 2.75) is 19.3 Å². The number of hydrogen-bond donors (Lipinski definition) is 1. The van der Waals surface area contributed by atoms with E-state index >= 15 is 0 Å². The summed E-state index contributed by atoms with van der Waals surface area (Å²) >= 11 is 0. The minimum absolute atomic E-state index is 0.101. The number of nitriles is 1. The molecule has 19 heavy (non-hydrogen) atoms. The van der Waals surface area contributed by atoms with Crippen LogP contribution in [0.25, 0.3) is 0 Å². The molecule has 0 radical (unpaired) electrons. The molecule has 1 aromatic carbocycles. The normalized spacial score (nSPS) is 11.8. The molecule has 0 fully saturated rings. The molecule has 0 aliphatic rings. The first-order valence-electron chi connectivity index (χ1n) is 5.88. The fraction of sp³-hybridized carbons (Fsp3) is 0.200. The van der Waals surface area contributed by atoms with Gasteiger partial charge in [-0.1, -0.05) is 29.8 Å². The van der Waals surface area contributed by atoms with E-state index in [0.717, 1.165) is 11.1 Å². The van der Waals surface area contributed by atoms with Crippen LogP contribution in [0.15, 0.2) is 40.8 Å². The van der Waals surface area contributed by atoms with Crippen molar-refractivity contribution in [2.24, 2.45) is 0 Å². The molecule has 0 aliphatic carbocycles. The molecule has 0 bridgehead atoms. The minimum atomic E-state index is -1.10. The van der Waals surface area contributed by atoms with Crippen LogP contribution >= 0.6 is 0 Å². The largest absolute Gasteiger partial charge is 0.475 e. The third-order valence-corrected chi connectivity index (χ3v) is 2.91. The number of aryl methyl sites for hydroxylation is 1. The molecule has 1 heterocycles. The molecule has 0 amide bonds. The number of aromatic carboxylic acids is 1. The van der Waals surface area contributed by atoms with Gasteiger partial charge in [-0.15, -0.1) is 0 Å². The zero-order valence-electron chi connectivity index (χ0n) is 10.5. The van der Waals surface area contributed by atoms with E-state index in [0.29, 0.717) is 12.2 Å². The SMILES string of the molecule is Cc1ccc(C(C#N)Cc2ccc(C(=O)O)o2)cc1. The van der Waals surface area contributed by atoms with Gasteiger partial charge in [0.2, 0.25) is 5.76 Å². The van der Waals surface area contributed by atoms with E-state index in [9.17, 15) is 10.1 Å². The molecule has 4 nitrogen and oxygen atoms in total. The summed E-state index contributed by atoms with van der Waals surface area (Å²) < 4.78 is 5.17. The third-order valence-electron chi connectivity index (χ3n) is 2.91. The monoisotopic (exact) mass is 255 g/mol. The summed E-state index contributed by atoms with van der Waals surface area (Å²) in [7, 11) is 0. The Bertz CT molecular complexity index is 620. The molecular formula is C15H13NO3. The van der Waals surface area contributed by atoms with Crippen molar-refractivity contribution in [3.05, 3.63) is 59.0 Å². The van der Waals surface area contributed by atoms with Crippen molar-refractivity contribution in [3.8, 4) is 6.07 Å². The third kappa shape index (κ3) is 3.02. The van der Waals surface area contributed by atoms with Gasteiger partial charge in [0.1, 0.15) is 5.76 Å². The Morgan fingerprint density at radius 2 is 2.00 bits per heavy atom. The Labute approximate surface area is 110 Å². The second kappa shape index (κ2) is 5.40. The van der Waals surface area contributed by atoms with E-state index < -0.39 is 5.97 Å². The predicted octanol–water partition coefficient (Wildman–Crippen LogP) is 3.14. The van der Waals surface area contributed by atoms with Gasteiger partial charge in [0.05, 0.1) is 12.0 Å². The summed E-state index contributed by atoms with van der Waals surface area (Å²) in [6, 6.07) is 12.9. The van der Waals surface area contributed by atoms with Crippen molar-refractivity contribution in [1.29, 1.82) is 5.26 Å². The first-order chi connectivity index (χ1) is 9.10. The van der Waals surface area contributed by atoms with E-state index in [1.807, 2.05) is 31.2 Å². The fourth-order valence-corrected chi connectivity index (χ4v) is 1.84. The molecule has 2 aromatic rings. The van der Waals surface area contributed by atoms with Crippen LogP contribution in [-0.4, -0.2) is 11.1 Å². The van der Waals surface area contributed by atoms with Crippen molar-refractivity contribution < 1.29 is 14.3 Å². The molecule has 2 rings (SSSR count). The number of nitrogens with zero attached hydrogens (tertiary/aromatic N) is 1. The highest BCUT2D eigenvalue weighted by molar-refractivity contribution is 5.84. The van der Waals surface area contributed by atoms with Crippen LogP contribution in [0.1, 0.15) is 33.4 Å². The van der Waals surface area contributed by atoms with Gasteiger partial charge in [-0.05, 0) is 24.6 Å². The molecule has 0 spiro atoms. The van der Waals surface area contributed by atoms with E-state index in [4.69, 9.17) is 9.52 Å². The summed E-state index contributed by atoms with van der Waals surface area (Å²) in [5, 5.41) is 18.0. The zero-order valence-corrected chi connectivity index (χ0v) is 10.5. The number of furan rings is 1. The van der Waals surface area contributed by atoms with Gasteiger partial charge in [0.25, 0.3) is 0 Å². The second-order valence-electron chi connectivity index (χ2n) is 4.37. The molecule has 96 valence electrons. The van der Waals surface area contributed by atoms with Crippen LogP contribution in [0.3, 0.4) is 0 Å². The first-order valence-corrected chi connectivity index (χ1v) is 5.88. The lowest BCUT2D eigenvalue weighted by atomic mass is 9.95. The van der Waals surface area contributed by atoms with Gasteiger partial charge in [-0.25, -0.2) is 4.79 Å². The maximum absolute atomic E-state index is 10.7. The van der Waals surface area contributed by atoms with Gasteiger partial charge in [0.15, 0.2) is 0 Å². The van der Waals surface area contributed by atoms with Crippen LogP contribution in [0.2, 0.25) is 0 Å². The summed E-state index contributed by atoms with van der Waals surface area (Å²) in [4.78, 5) is 10.7. The predicted molar refractivity (Wildman–Crippen MR) is 68.9 cm³/mol. The Morgan fingerprint density at radius 1 is 1.32 bits per heavy atom. The maximum atomic E-state index is 10.7. The second-order valence-corrected chi connectivity index (χ2v) is 4.37. The van der Waals surface area contributed by atoms with E-state index in [1.54, 1.807) is 6.07 Å². The topological polar surface area (TPSA) is 74.2 Å². The van der Waals surface area contributed by atoms with E-state index in [2.05, 4.69) is 6.07 Å². The first kappa shape index (κ1) is 12.9. The summed E-state index contributed by atoms with van der Waals surface area (Å²) in [5.74, 6) is -1.04. The number of carboxylic acid groups (broad SMARTS) is 1. The van der Waals surface area contributed by atoms with Gasteiger partial charge >= 0.3 is 5.97 Å². The molecule has 0 saturated heterocycles. The molecule has 1 N–H and O–H groups in total. The minimum Gasteiger partial charge on any atom is -0.475 e. The van der Waals surface area contributed by atoms with Crippen molar-refractivity contribution >= 4 is 5.97 Å². The van der Waals surface area contributed by atoms with Gasteiger partial charge < -0.3 is 9.52 Å². The molecule has 1 atom stereocenters. The lowest BCUT2D eigenvalue weighted by Gasteiger charge is -2.07. The molecule has 1 aromatic heterocycles. The quantitative estimate of drug-likeness (QED) is 0.910. The highest BCUT2D eigenvalue weighted by Crippen LogP contribution is 2.22. The van der Waals surface area contributed by atoms with E-state index in [-0.39, 0.29) is 11.7 Å². The fourth-order valence-electron chi connectivity index (χ4n) is 1.84. The summed E-state index contributed by atoms with van der Waals surface area (Å²) in [6.07, 6.45) is 0.368. The summed E-state index contributed by atoms with van der Waals surface area (Å²) in [6.45, 7) is 1.98. The van der Waals surface area contributed by atoms with Crippen LogP contribution < -0.4 is 0 Å². The van der Waals surface area contributed by atoms with Crippen LogP contribution in [0.5, 0.6) is 0 Å². The highest BCUT2D eigenvalue weighted by atomic mass is 16.4. The van der Waals surface area contributed by atoms with Crippen molar-refractivity contribution in [3.63, 3.8) is 0 Å². The average Bonchev–Trinajstić information content (AvgIpc) is 2.86. The molecular weight excluding hydrogens is 242 g/mol. The Morgan fingerprint density at radius 3 is 2.53 bits per heavy atom. The van der Waals surface area contributed by atoms with Crippen LogP contribution in [-0.2, 0) is 6.42 Å². The number of hydrogen-bond acceptors (Lipinski definition) is 3. The average molecular weight is 255 g/mol. The van der Waals surface area contributed by atoms with Crippen LogP contribution in [0.4, 0.5) is 0 Å². The Balaban J connectivity index is 2.17. The van der Waals surface area contributed by atoms with Crippen LogP contribution in [0, 0.1) is 18.3 Å². The summed E-state index contributed by atoms with van der Waals surface area (Å²) in [5.41, 5.74) is 2.04. The number of rotatable bonds is 4. The Hall–Kier alpha value is -2.54. The van der Waals surface area contributed by atoms with Gasteiger partial charge in [0, 0.05) is 6.42 Å². The zero-order chi connectivity index (χ0) is 13.8. The lowest BCUT2D eigenvalue weighted by Crippen LogP contribution is -2.00. The maximum Gasteiger partial charge on any atom is 0.371 e. The molecule has 1 unspecified atom stereocenters. The number of carboxylic acids is 1. The van der Waals surface area contributed by atoms with E-state index in [1.165, 1.54) is 6.07 Å². The Kier molecular flexibility index (Phi) is 3.67. The van der Waals surface area contributed by atoms with Crippen molar-refractivity contribution in [1.82, 2.24) is 0 Å². The lowest BCUT2D eigenvalue weighted by molar-refractivity contribution is 0.0660. The smallest absolute Gasteiger partial charge is 0.371 e. The molecule has 0 saturated carbocycles. The number of carbonyl (C=O) groups is 1. The molecule has 0 aliphatic heterocycles. The van der Waals surface area contributed by atoms with Gasteiger partial charge in [-0.3, -0.25) is 0 Å². The van der Waals surface area contributed by atoms with Gasteiger partial charge in [-0.2, -0.15) is 5.26 Å². The molecule has 4 heteroatoms. The highest BCUT2D eigenvalue weighted by Gasteiger charge is 2.15. The standard InChI is InChI=1S/C15H13NO3/c1-10-2-4-11(5-3-10)12(9-16)8-13-6-7-14(19-13)15(17)18/h2-7,12H,8H2,1H3,(H,17,18).